The van der Waals surface area contributed by atoms with Crippen LogP contribution in [0.3, 0.4) is 0 Å². The fourth-order valence-electron chi connectivity index (χ4n) is 1.66. The Morgan fingerprint density at radius 3 is 2.50 bits per heavy atom. The molecule has 0 atom stereocenters. The maximum absolute atomic E-state index is 12.3. The first kappa shape index (κ1) is 18.3. The molecule has 0 aliphatic carbocycles. The molecule has 22 heavy (non-hydrogen) atoms. The number of esters is 1. The molecule has 0 N–H and O–H groups in total. The number of methoxy groups -OCH3 is 1. The van der Waals surface area contributed by atoms with Crippen molar-refractivity contribution in [1.82, 2.24) is 0 Å². The summed E-state index contributed by atoms with van der Waals surface area (Å²) in [6.45, 7) is 7.69. The van der Waals surface area contributed by atoms with Gasteiger partial charge in [0.05, 0.1) is 17.2 Å². The van der Waals surface area contributed by atoms with Gasteiger partial charge in [-0.25, -0.2) is 4.79 Å². The number of rotatable bonds is 6. The van der Waals surface area contributed by atoms with E-state index in [4.69, 9.17) is 32.7 Å². The Morgan fingerprint density at radius 2 is 1.95 bits per heavy atom. The Morgan fingerprint density at radius 1 is 1.32 bits per heavy atom. The largest absolute Gasteiger partial charge is 0.494 e. The molecule has 3 nitrogen and oxygen atoms in total. The fourth-order valence-corrected chi connectivity index (χ4v) is 2.13. The van der Waals surface area contributed by atoms with E-state index in [-0.39, 0.29) is 22.9 Å². The Labute approximate surface area is 140 Å². The lowest BCUT2D eigenvalue weighted by molar-refractivity contribution is 0.0538. The molecule has 1 rings (SSSR count). The number of hydrogen-bond acceptors (Lipinski definition) is 3. The van der Waals surface area contributed by atoms with Gasteiger partial charge < -0.3 is 9.47 Å². The van der Waals surface area contributed by atoms with Gasteiger partial charge in [-0.05, 0) is 31.6 Å². The topological polar surface area (TPSA) is 35.5 Å². The van der Waals surface area contributed by atoms with E-state index in [1.807, 2.05) is 32.1 Å². The molecule has 1 aromatic rings. The zero-order chi connectivity index (χ0) is 16.7. The summed E-state index contributed by atoms with van der Waals surface area (Å²) in [6.07, 6.45) is 5.57. The Kier molecular flexibility index (Phi) is 7.22. The van der Waals surface area contributed by atoms with Crippen LogP contribution in [-0.4, -0.2) is 19.7 Å². The van der Waals surface area contributed by atoms with E-state index in [9.17, 15) is 4.79 Å². The molecule has 0 unspecified atom stereocenters. The summed E-state index contributed by atoms with van der Waals surface area (Å²) in [5.41, 5.74) is 1.74. The van der Waals surface area contributed by atoms with Crippen LogP contribution in [0.2, 0.25) is 10.0 Å². The summed E-state index contributed by atoms with van der Waals surface area (Å²) < 4.78 is 10.4. The zero-order valence-corrected chi connectivity index (χ0v) is 14.3. The van der Waals surface area contributed by atoms with Crippen LogP contribution in [0.1, 0.15) is 24.2 Å². The number of ether oxygens (including phenoxy) is 2. The van der Waals surface area contributed by atoms with Crippen molar-refractivity contribution in [3.05, 3.63) is 63.7 Å². The first-order chi connectivity index (χ1) is 10.4. The van der Waals surface area contributed by atoms with Crippen LogP contribution in [0.4, 0.5) is 0 Å². The summed E-state index contributed by atoms with van der Waals surface area (Å²) in [6, 6.07) is 3.09. The number of carbonyl (C=O) groups is 1. The molecule has 0 heterocycles. The molecule has 0 amide bonds. The summed E-state index contributed by atoms with van der Waals surface area (Å²) in [5.74, 6) is -0.398. The first-order valence-electron chi connectivity index (χ1n) is 6.59. The minimum absolute atomic E-state index is 0.0878. The van der Waals surface area contributed by atoms with Gasteiger partial charge in [-0.1, -0.05) is 53.6 Å². The van der Waals surface area contributed by atoms with Gasteiger partial charge >= 0.3 is 5.97 Å². The van der Waals surface area contributed by atoms with Crippen molar-refractivity contribution in [2.45, 2.75) is 13.8 Å². The third-order valence-electron chi connectivity index (χ3n) is 2.86. The van der Waals surface area contributed by atoms with E-state index in [1.54, 1.807) is 6.07 Å². The molecule has 118 valence electrons. The number of halogens is 2. The predicted octanol–water partition coefficient (Wildman–Crippen LogP) is 5.24. The molecule has 0 saturated carbocycles. The van der Waals surface area contributed by atoms with E-state index in [0.29, 0.717) is 5.02 Å². The summed E-state index contributed by atoms with van der Waals surface area (Å²) in [7, 11) is 1.42. The number of carbonyl (C=O) groups excluding carboxylic acids is 1. The molecule has 0 bridgehead atoms. The highest BCUT2D eigenvalue weighted by molar-refractivity contribution is 6.37. The van der Waals surface area contributed by atoms with Gasteiger partial charge in [0.1, 0.15) is 12.2 Å². The molecular weight excluding hydrogens is 323 g/mol. The monoisotopic (exact) mass is 340 g/mol. The van der Waals surface area contributed by atoms with Crippen molar-refractivity contribution < 1.29 is 14.3 Å². The van der Waals surface area contributed by atoms with Crippen molar-refractivity contribution in [3.8, 4) is 5.75 Å². The fraction of sp³-hybridized carbons (Fsp3) is 0.235. The second-order valence-electron chi connectivity index (χ2n) is 4.51. The molecule has 0 aromatic heterocycles. The second kappa shape index (κ2) is 8.66. The molecule has 0 aliphatic heterocycles. The third-order valence-corrected chi connectivity index (χ3v) is 3.48. The van der Waals surface area contributed by atoms with Crippen LogP contribution < -0.4 is 4.74 Å². The standard InChI is InChI=1S/C17H18Cl2O3/c1-5-6-7-12(11(2)3)10-22-17(20)15-13(18)8-9-14(19)16(15)21-4/h5-9H,2,10H2,1,3-4H3. The van der Waals surface area contributed by atoms with Crippen molar-refractivity contribution in [1.29, 1.82) is 0 Å². The summed E-state index contributed by atoms with van der Waals surface area (Å²) >= 11 is 12.1. The second-order valence-corrected chi connectivity index (χ2v) is 5.33. The maximum Gasteiger partial charge on any atom is 0.343 e. The average Bonchev–Trinajstić information content (AvgIpc) is 2.48. The van der Waals surface area contributed by atoms with Gasteiger partial charge in [-0.3, -0.25) is 0 Å². The SMILES string of the molecule is C=C(C)C(=CC=CC)COC(=O)c1c(Cl)ccc(Cl)c1OC. The predicted molar refractivity (Wildman–Crippen MR) is 91.0 cm³/mol. The summed E-state index contributed by atoms with van der Waals surface area (Å²) in [5, 5.41) is 0.518. The maximum atomic E-state index is 12.3. The lowest BCUT2D eigenvalue weighted by atomic mass is 10.1. The number of allylic oxidation sites excluding steroid dienone is 3. The smallest absolute Gasteiger partial charge is 0.343 e. The molecule has 0 saturated heterocycles. The molecule has 5 heteroatoms. The number of hydrogen-bond donors (Lipinski definition) is 0. The van der Waals surface area contributed by atoms with Gasteiger partial charge in [0, 0.05) is 0 Å². The molecule has 0 radical (unpaired) electrons. The first-order valence-corrected chi connectivity index (χ1v) is 7.34. The van der Waals surface area contributed by atoms with E-state index in [0.717, 1.165) is 11.1 Å². The number of benzene rings is 1. The highest BCUT2D eigenvalue weighted by Gasteiger charge is 2.21. The normalized spacial score (nSPS) is 11.6. The Bertz CT molecular complexity index is 631. The minimum atomic E-state index is -0.600. The van der Waals surface area contributed by atoms with Crippen LogP contribution in [-0.2, 0) is 4.74 Å². The van der Waals surface area contributed by atoms with Gasteiger partial charge in [0.25, 0.3) is 0 Å². The van der Waals surface area contributed by atoms with Crippen LogP contribution in [0.25, 0.3) is 0 Å². The minimum Gasteiger partial charge on any atom is -0.494 e. The molecule has 0 fully saturated rings. The van der Waals surface area contributed by atoms with Gasteiger partial charge in [0.15, 0.2) is 5.75 Å². The van der Waals surface area contributed by atoms with Crippen molar-refractivity contribution >= 4 is 29.2 Å². The third kappa shape index (κ3) is 4.65. The molecule has 0 aliphatic rings. The van der Waals surface area contributed by atoms with Gasteiger partial charge in [0.2, 0.25) is 0 Å². The van der Waals surface area contributed by atoms with E-state index >= 15 is 0 Å². The van der Waals surface area contributed by atoms with E-state index in [1.165, 1.54) is 13.2 Å². The Hall–Kier alpha value is -1.71. The highest BCUT2D eigenvalue weighted by Crippen LogP contribution is 2.34. The van der Waals surface area contributed by atoms with Crippen molar-refractivity contribution in [2.24, 2.45) is 0 Å². The quantitative estimate of drug-likeness (QED) is 0.524. The summed E-state index contributed by atoms with van der Waals surface area (Å²) in [4.78, 5) is 12.3. The van der Waals surface area contributed by atoms with Crippen LogP contribution in [0.5, 0.6) is 5.75 Å². The van der Waals surface area contributed by atoms with Gasteiger partial charge in [-0.2, -0.15) is 0 Å². The van der Waals surface area contributed by atoms with Crippen LogP contribution in [0.15, 0.2) is 48.1 Å². The Balaban J connectivity index is 2.99. The molecule has 0 spiro atoms. The van der Waals surface area contributed by atoms with Crippen molar-refractivity contribution in [2.75, 3.05) is 13.7 Å². The van der Waals surface area contributed by atoms with Crippen LogP contribution >= 0.6 is 23.2 Å². The van der Waals surface area contributed by atoms with Crippen molar-refractivity contribution in [3.63, 3.8) is 0 Å². The lowest BCUT2D eigenvalue weighted by Crippen LogP contribution is -2.11. The zero-order valence-electron chi connectivity index (χ0n) is 12.8. The highest BCUT2D eigenvalue weighted by atomic mass is 35.5. The van der Waals surface area contributed by atoms with Crippen LogP contribution in [0, 0.1) is 0 Å². The average molecular weight is 341 g/mol. The molecule has 1 aromatic carbocycles. The molecular formula is C17H18Cl2O3. The van der Waals surface area contributed by atoms with E-state index < -0.39 is 5.97 Å². The lowest BCUT2D eigenvalue weighted by Gasteiger charge is -2.13. The van der Waals surface area contributed by atoms with E-state index in [2.05, 4.69) is 6.58 Å². The van der Waals surface area contributed by atoms with Gasteiger partial charge in [-0.15, -0.1) is 0 Å².